The molecule has 10 heteroatoms. The SMILES string of the molecule is CCCN(CCC(c1cccc(P)c1)c1cc(F)c(F)c(F)c1)C(=O)c1[nH]ncc(=O)c1O. The van der Waals surface area contributed by atoms with Crippen LogP contribution < -0.4 is 10.7 Å². The van der Waals surface area contributed by atoms with Crippen molar-refractivity contribution in [2.24, 2.45) is 0 Å². The zero-order chi connectivity index (χ0) is 24.1. The van der Waals surface area contributed by atoms with Crippen LogP contribution in [0, 0.1) is 17.5 Å². The van der Waals surface area contributed by atoms with Crippen molar-refractivity contribution in [3.63, 3.8) is 0 Å². The van der Waals surface area contributed by atoms with E-state index in [4.69, 9.17) is 0 Å². The fourth-order valence-corrected chi connectivity index (χ4v) is 3.95. The standard InChI is InChI=1S/C23H23F3N3O3P/c1-2-7-29(23(32)21-22(31)19(30)12-27-28-21)8-6-16(13-4-3-5-15(33)9-13)14-10-17(24)20(26)18(25)11-14/h3-5,9-12,16H,2,6-8,33H2,1H3,(H,27,31)(H,28,30). The molecule has 0 fully saturated rings. The largest absolute Gasteiger partial charge is 0.502 e. The molecule has 2 unspecified atom stereocenters. The summed E-state index contributed by atoms with van der Waals surface area (Å²) in [4.78, 5) is 26.1. The highest BCUT2D eigenvalue weighted by Gasteiger charge is 2.24. The van der Waals surface area contributed by atoms with E-state index in [9.17, 15) is 27.9 Å². The highest BCUT2D eigenvalue weighted by Crippen LogP contribution is 2.30. The number of carbonyl (C=O) groups excluding carboxylic acids is 1. The molecule has 1 aromatic heterocycles. The Kier molecular flexibility index (Phi) is 7.87. The molecule has 3 aromatic rings. The van der Waals surface area contributed by atoms with Gasteiger partial charge in [0, 0.05) is 19.0 Å². The molecule has 0 aliphatic carbocycles. The van der Waals surface area contributed by atoms with Crippen LogP contribution in [0.5, 0.6) is 5.75 Å². The third-order valence-corrected chi connectivity index (χ3v) is 5.59. The fourth-order valence-electron chi connectivity index (χ4n) is 3.65. The molecule has 2 aromatic carbocycles. The van der Waals surface area contributed by atoms with Crippen molar-refractivity contribution < 1.29 is 23.1 Å². The molecule has 6 nitrogen and oxygen atoms in total. The average molecular weight is 477 g/mol. The Balaban J connectivity index is 1.95. The van der Waals surface area contributed by atoms with Gasteiger partial charge in [-0.2, -0.15) is 5.10 Å². The molecular weight excluding hydrogens is 454 g/mol. The summed E-state index contributed by atoms with van der Waals surface area (Å²) in [6.07, 6.45) is 1.69. The van der Waals surface area contributed by atoms with Crippen molar-refractivity contribution in [3.8, 4) is 5.75 Å². The Morgan fingerprint density at radius 3 is 2.48 bits per heavy atom. The number of aromatic amines is 1. The van der Waals surface area contributed by atoms with Crippen LogP contribution in [0.15, 0.2) is 47.4 Å². The van der Waals surface area contributed by atoms with Gasteiger partial charge in [0.2, 0.25) is 5.43 Å². The maximum Gasteiger partial charge on any atom is 0.275 e. The van der Waals surface area contributed by atoms with Gasteiger partial charge in [0.25, 0.3) is 5.91 Å². The third-order valence-electron chi connectivity index (χ3n) is 5.23. The maximum absolute atomic E-state index is 14.0. The molecule has 0 bridgehead atoms. The lowest BCUT2D eigenvalue weighted by atomic mass is 9.88. The Morgan fingerprint density at radius 1 is 1.15 bits per heavy atom. The van der Waals surface area contributed by atoms with E-state index in [0.717, 1.165) is 29.2 Å². The zero-order valence-electron chi connectivity index (χ0n) is 17.8. The number of amides is 1. The van der Waals surface area contributed by atoms with Gasteiger partial charge >= 0.3 is 0 Å². The van der Waals surface area contributed by atoms with Crippen LogP contribution in [0.1, 0.15) is 47.3 Å². The first-order valence-corrected chi connectivity index (χ1v) is 10.9. The van der Waals surface area contributed by atoms with Crippen LogP contribution >= 0.6 is 9.24 Å². The Hall–Kier alpha value is -3.19. The minimum absolute atomic E-state index is 0.134. The number of nitrogens with zero attached hydrogens (tertiary/aromatic N) is 2. The molecule has 3 rings (SSSR count). The predicted octanol–water partition coefficient (Wildman–Crippen LogP) is 3.47. The first-order chi connectivity index (χ1) is 15.7. The minimum Gasteiger partial charge on any atom is -0.502 e. The summed E-state index contributed by atoms with van der Waals surface area (Å²) in [5, 5.41) is 16.8. The second-order valence-electron chi connectivity index (χ2n) is 7.56. The van der Waals surface area contributed by atoms with E-state index >= 15 is 0 Å². The molecule has 0 aliphatic rings. The van der Waals surface area contributed by atoms with Gasteiger partial charge < -0.3 is 10.0 Å². The molecule has 33 heavy (non-hydrogen) atoms. The van der Waals surface area contributed by atoms with Crippen molar-refractivity contribution in [3.05, 3.63) is 87.1 Å². The molecule has 1 amide bonds. The molecule has 1 heterocycles. The molecule has 0 saturated carbocycles. The number of rotatable bonds is 8. The lowest BCUT2D eigenvalue weighted by Gasteiger charge is -2.26. The first kappa shape index (κ1) is 24.5. The smallest absolute Gasteiger partial charge is 0.275 e. The Morgan fingerprint density at radius 2 is 1.85 bits per heavy atom. The molecule has 0 saturated heterocycles. The lowest BCUT2D eigenvalue weighted by molar-refractivity contribution is 0.0741. The van der Waals surface area contributed by atoms with Crippen LogP contribution in [-0.2, 0) is 0 Å². The van der Waals surface area contributed by atoms with Gasteiger partial charge in [-0.3, -0.25) is 14.7 Å². The van der Waals surface area contributed by atoms with Gasteiger partial charge in [0.1, 0.15) is 0 Å². The highest BCUT2D eigenvalue weighted by molar-refractivity contribution is 7.27. The lowest BCUT2D eigenvalue weighted by Crippen LogP contribution is -2.35. The van der Waals surface area contributed by atoms with Crippen molar-refractivity contribution in [2.45, 2.75) is 25.7 Å². The summed E-state index contributed by atoms with van der Waals surface area (Å²) >= 11 is 0. The molecule has 0 aliphatic heterocycles. The van der Waals surface area contributed by atoms with Crippen molar-refractivity contribution in [1.29, 1.82) is 0 Å². The van der Waals surface area contributed by atoms with Gasteiger partial charge in [-0.15, -0.1) is 9.24 Å². The number of aromatic nitrogens is 2. The summed E-state index contributed by atoms with van der Waals surface area (Å²) in [5.74, 6) is -6.05. The van der Waals surface area contributed by atoms with Crippen LogP contribution in [0.25, 0.3) is 0 Å². The second-order valence-corrected chi connectivity index (χ2v) is 8.23. The third kappa shape index (κ3) is 5.60. The number of H-pyrrole nitrogens is 1. The van der Waals surface area contributed by atoms with Crippen LogP contribution in [0.2, 0.25) is 0 Å². The fraction of sp³-hybridized carbons (Fsp3) is 0.261. The van der Waals surface area contributed by atoms with Crippen LogP contribution in [0.4, 0.5) is 13.2 Å². The van der Waals surface area contributed by atoms with Crippen molar-refractivity contribution in [2.75, 3.05) is 13.1 Å². The summed E-state index contributed by atoms with van der Waals surface area (Å²) in [6.45, 7) is 2.29. The summed E-state index contributed by atoms with van der Waals surface area (Å²) in [7, 11) is 2.54. The number of benzene rings is 2. The van der Waals surface area contributed by atoms with E-state index in [1.165, 1.54) is 4.90 Å². The van der Waals surface area contributed by atoms with Gasteiger partial charge in [0.15, 0.2) is 28.9 Å². The minimum atomic E-state index is -1.55. The van der Waals surface area contributed by atoms with Gasteiger partial charge in [0.05, 0.1) is 6.20 Å². The van der Waals surface area contributed by atoms with Gasteiger partial charge in [-0.25, -0.2) is 13.2 Å². The Labute approximate surface area is 190 Å². The van der Waals surface area contributed by atoms with Gasteiger partial charge in [-0.05, 0) is 41.4 Å². The van der Waals surface area contributed by atoms with Crippen LogP contribution in [-0.4, -0.2) is 39.2 Å². The number of aromatic hydroxyl groups is 1. The number of carbonyl (C=O) groups is 1. The van der Waals surface area contributed by atoms with E-state index in [2.05, 4.69) is 19.4 Å². The molecular formula is C23H23F3N3O3P. The molecule has 2 N–H and O–H groups in total. The van der Waals surface area contributed by atoms with Gasteiger partial charge in [-0.1, -0.05) is 31.2 Å². The molecule has 2 atom stereocenters. The summed E-state index contributed by atoms with van der Waals surface area (Å²) in [6, 6.07) is 9.14. The van der Waals surface area contributed by atoms with E-state index < -0.39 is 40.5 Å². The molecule has 174 valence electrons. The molecule has 0 radical (unpaired) electrons. The first-order valence-electron chi connectivity index (χ1n) is 10.3. The van der Waals surface area contributed by atoms with E-state index in [1.54, 1.807) is 12.1 Å². The monoisotopic (exact) mass is 477 g/mol. The number of hydrogen-bond donors (Lipinski definition) is 2. The topological polar surface area (TPSA) is 86.3 Å². The van der Waals surface area contributed by atoms with E-state index in [-0.39, 0.29) is 24.2 Å². The average Bonchev–Trinajstić information content (AvgIpc) is 2.78. The second kappa shape index (κ2) is 10.6. The number of nitrogens with one attached hydrogen (secondary N) is 1. The highest BCUT2D eigenvalue weighted by atomic mass is 31.0. The quantitative estimate of drug-likeness (QED) is 0.384. The van der Waals surface area contributed by atoms with E-state index in [1.807, 2.05) is 19.1 Å². The predicted molar refractivity (Wildman–Crippen MR) is 121 cm³/mol. The molecule has 0 spiro atoms. The van der Waals surface area contributed by atoms with Crippen molar-refractivity contribution >= 4 is 20.5 Å². The zero-order valence-corrected chi connectivity index (χ0v) is 19.0. The Bertz CT molecular complexity index is 1200. The van der Waals surface area contributed by atoms with Crippen molar-refractivity contribution in [1.82, 2.24) is 15.1 Å². The van der Waals surface area contributed by atoms with E-state index in [0.29, 0.717) is 13.0 Å². The normalized spacial score (nSPS) is 11.9. The number of hydrogen-bond acceptors (Lipinski definition) is 4. The number of halogens is 3. The maximum atomic E-state index is 14.0. The van der Waals surface area contributed by atoms with Crippen LogP contribution in [0.3, 0.4) is 0 Å². The summed E-state index contributed by atoms with van der Waals surface area (Å²) < 4.78 is 41.5. The summed E-state index contributed by atoms with van der Waals surface area (Å²) in [5.41, 5.74) is -0.169.